The number of cyclic esters (lactones) is 1. The van der Waals surface area contributed by atoms with Crippen LogP contribution in [0.1, 0.15) is 93.4 Å². The summed E-state index contributed by atoms with van der Waals surface area (Å²) in [6.07, 6.45) is 6.21. The number of hydrogen-bond acceptors (Lipinski definition) is 5. The first-order valence-electron chi connectivity index (χ1n) is 13.6. The molecule has 8 unspecified atom stereocenters. The van der Waals surface area contributed by atoms with Gasteiger partial charge in [-0.15, -0.1) is 0 Å². The number of Topliss-reactive ketones (excluding diaryl/α,β-unsaturated/α-hetero) is 2. The molecule has 5 heteroatoms. The van der Waals surface area contributed by atoms with E-state index in [2.05, 4.69) is 41.5 Å². The van der Waals surface area contributed by atoms with Gasteiger partial charge < -0.3 is 9.84 Å². The minimum absolute atomic E-state index is 0.0230. The van der Waals surface area contributed by atoms with Crippen LogP contribution in [0.15, 0.2) is 22.8 Å². The Bertz CT molecular complexity index is 1060. The Kier molecular flexibility index (Phi) is 5.43. The Labute approximate surface area is 209 Å². The van der Waals surface area contributed by atoms with Crippen molar-refractivity contribution in [1.82, 2.24) is 0 Å². The van der Waals surface area contributed by atoms with Gasteiger partial charge in [0, 0.05) is 40.4 Å². The van der Waals surface area contributed by atoms with Gasteiger partial charge in [0.25, 0.3) is 0 Å². The Morgan fingerprint density at radius 3 is 2.34 bits per heavy atom. The number of rotatable bonds is 3. The molecule has 2 saturated carbocycles. The lowest BCUT2D eigenvalue weighted by atomic mass is 9.43. The van der Waals surface area contributed by atoms with Crippen molar-refractivity contribution in [2.24, 2.45) is 39.4 Å². The molecule has 0 spiro atoms. The van der Waals surface area contributed by atoms with Gasteiger partial charge in [-0.1, -0.05) is 41.5 Å². The fourth-order valence-corrected chi connectivity index (χ4v) is 9.36. The van der Waals surface area contributed by atoms with E-state index in [1.165, 1.54) is 0 Å². The number of ketones is 2. The monoisotopic (exact) mass is 482 g/mol. The summed E-state index contributed by atoms with van der Waals surface area (Å²) >= 11 is 0. The first-order chi connectivity index (χ1) is 16.2. The first kappa shape index (κ1) is 24.9. The topological polar surface area (TPSA) is 80.7 Å². The van der Waals surface area contributed by atoms with E-state index in [4.69, 9.17) is 4.74 Å². The molecular weight excluding hydrogens is 440 g/mol. The minimum atomic E-state index is -0.450. The molecule has 0 aromatic carbocycles. The average Bonchev–Trinajstić information content (AvgIpc) is 3.21. The van der Waals surface area contributed by atoms with Crippen LogP contribution < -0.4 is 0 Å². The number of carbonyl (C=O) groups is 3. The van der Waals surface area contributed by atoms with Crippen LogP contribution >= 0.6 is 0 Å². The molecule has 0 aromatic heterocycles. The molecule has 192 valence electrons. The van der Waals surface area contributed by atoms with Crippen molar-refractivity contribution < 1.29 is 24.2 Å². The summed E-state index contributed by atoms with van der Waals surface area (Å²) in [5, 5.41) is 10.8. The van der Waals surface area contributed by atoms with Crippen LogP contribution in [0.2, 0.25) is 0 Å². The van der Waals surface area contributed by atoms with Crippen LogP contribution in [-0.2, 0) is 19.1 Å². The van der Waals surface area contributed by atoms with Crippen LogP contribution in [0, 0.1) is 39.4 Å². The number of aliphatic hydroxyl groups is 1. The van der Waals surface area contributed by atoms with Gasteiger partial charge in [0.1, 0.15) is 6.10 Å². The van der Waals surface area contributed by atoms with Crippen molar-refractivity contribution >= 4 is 17.5 Å². The maximum absolute atomic E-state index is 14.1. The highest BCUT2D eigenvalue weighted by Crippen LogP contribution is 2.71. The van der Waals surface area contributed by atoms with Crippen molar-refractivity contribution in [2.75, 3.05) is 0 Å². The van der Waals surface area contributed by atoms with Gasteiger partial charge >= 0.3 is 5.97 Å². The van der Waals surface area contributed by atoms with Crippen LogP contribution in [0.25, 0.3) is 0 Å². The summed E-state index contributed by atoms with van der Waals surface area (Å²) in [5.41, 5.74) is 0.890. The summed E-state index contributed by atoms with van der Waals surface area (Å²) in [7, 11) is 0. The molecule has 4 aliphatic carbocycles. The zero-order valence-corrected chi connectivity index (χ0v) is 22.5. The van der Waals surface area contributed by atoms with Crippen LogP contribution in [0.3, 0.4) is 0 Å². The third kappa shape index (κ3) is 3.19. The van der Waals surface area contributed by atoms with E-state index >= 15 is 0 Å². The first-order valence-corrected chi connectivity index (χ1v) is 13.6. The number of esters is 1. The van der Waals surface area contributed by atoms with Crippen molar-refractivity contribution in [3.05, 3.63) is 22.8 Å². The molecule has 1 N–H and O–H groups in total. The summed E-state index contributed by atoms with van der Waals surface area (Å²) in [6, 6.07) is 0. The summed E-state index contributed by atoms with van der Waals surface area (Å²) < 4.78 is 5.54. The fraction of sp³-hybridized carbons (Fsp3) is 0.767. The molecule has 0 amide bonds. The molecular formula is C30H42O5. The molecule has 8 atom stereocenters. The molecule has 2 fully saturated rings. The quantitative estimate of drug-likeness (QED) is 0.548. The number of allylic oxidation sites excluding steroid dienone is 2. The van der Waals surface area contributed by atoms with Crippen LogP contribution in [-0.4, -0.2) is 34.9 Å². The van der Waals surface area contributed by atoms with E-state index in [-0.39, 0.29) is 57.6 Å². The largest absolute Gasteiger partial charge is 0.455 e. The number of hydrogen-bond donors (Lipinski definition) is 1. The number of carbonyl (C=O) groups excluding carboxylic acids is 3. The van der Waals surface area contributed by atoms with Gasteiger partial charge in [0.15, 0.2) is 11.6 Å². The second-order valence-corrected chi connectivity index (χ2v) is 13.7. The van der Waals surface area contributed by atoms with E-state index in [0.29, 0.717) is 24.8 Å². The molecule has 1 aliphatic heterocycles. The maximum Gasteiger partial charge on any atom is 0.334 e. The smallest absolute Gasteiger partial charge is 0.334 e. The highest BCUT2D eigenvalue weighted by Gasteiger charge is 2.67. The van der Waals surface area contributed by atoms with E-state index in [9.17, 15) is 19.5 Å². The zero-order chi connectivity index (χ0) is 25.7. The average molecular weight is 483 g/mol. The van der Waals surface area contributed by atoms with Gasteiger partial charge in [-0.2, -0.15) is 0 Å². The van der Waals surface area contributed by atoms with Gasteiger partial charge in [-0.05, 0) is 73.7 Å². The highest BCUT2D eigenvalue weighted by molar-refractivity contribution is 6.11. The van der Waals surface area contributed by atoms with E-state index in [1.807, 2.05) is 6.08 Å². The molecule has 5 aliphatic rings. The SMILES string of the molecule is CC1=CC(CC(C)C2CCC3(C)C4=C(C(=O)CC23C)C2(C)CCC(O)C(C)(C)C2CC4=O)OC1=O. The second kappa shape index (κ2) is 7.63. The lowest BCUT2D eigenvalue weighted by Gasteiger charge is -2.60. The van der Waals surface area contributed by atoms with E-state index in [1.54, 1.807) is 6.92 Å². The molecule has 0 radical (unpaired) electrons. The molecule has 0 bridgehead atoms. The van der Waals surface area contributed by atoms with Gasteiger partial charge in [0.05, 0.1) is 6.10 Å². The molecule has 0 saturated heterocycles. The number of fused-ring (bicyclic) bond motifs is 4. The lowest BCUT2D eigenvalue weighted by molar-refractivity contribution is -0.142. The fourth-order valence-electron chi connectivity index (χ4n) is 9.36. The Morgan fingerprint density at radius 1 is 1.03 bits per heavy atom. The van der Waals surface area contributed by atoms with Crippen molar-refractivity contribution in [1.29, 1.82) is 0 Å². The van der Waals surface area contributed by atoms with Crippen LogP contribution in [0.4, 0.5) is 0 Å². The lowest BCUT2D eigenvalue weighted by Crippen LogP contribution is -2.59. The van der Waals surface area contributed by atoms with Gasteiger partial charge in [-0.3, -0.25) is 9.59 Å². The third-order valence-electron chi connectivity index (χ3n) is 11.7. The second-order valence-electron chi connectivity index (χ2n) is 13.7. The van der Waals surface area contributed by atoms with Crippen molar-refractivity contribution in [3.8, 4) is 0 Å². The Balaban J connectivity index is 1.53. The predicted molar refractivity (Wildman–Crippen MR) is 133 cm³/mol. The van der Waals surface area contributed by atoms with Crippen LogP contribution in [0.5, 0.6) is 0 Å². The summed E-state index contributed by atoms with van der Waals surface area (Å²) in [6.45, 7) is 14.8. The molecule has 5 rings (SSSR count). The van der Waals surface area contributed by atoms with Crippen molar-refractivity contribution in [2.45, 2.75) is 106 Å². The van der Waals surface area contributed by atoms with Gasteiger partial charge in [0.2, 0.25) is 0 Å². The summed E-state index contributed by atoms with van der Waals surface area (Å²) in [4.78, 5) is 39.9. The maximum atomic E-state index is 14.1. The molecule has 0 aromatic rings. The standard InChI is InChI=1S/C30H42O5/c1-16(12-18-13-17(2)26(34)35-18)19-8-11-29(6)25-20(31)14-22-27(3,4)23(33)9-10-28(22,5)24(25)21(32)15-30(19,29)7/h13,16,18-19,22-23,33H,8-12,14-15H2,1-7H3. The summed E-state index contributed by atoms with van der Waals surface area (Å²) in [5.74, 6) is 0.565. The highest BCUT2D eigenvalue weighted by atomic mass is 16.5. The Morgan fingerprint density at radius 2 is 1.71 bits per heavy atom. The number of ether oxygens (including phenoxy) is 1. The zero-order valence-electron chi connectivity index (χ0n) is 22.5. The molecule has 5 nitrogen and oxygen atoms in total. The van der Waals surface area contributed by atoms with E-state index < -0.39 is 11.5 Å². The van der Waals surface area contributed by atoms with Crippen molar-refractivity contribution in [3.63, 3.8) is 0 Å². The molecule has 35 heavy (non-hydrogen) atoms. The predicted octanol–water partition coefficient (Wildman–Crippen LogP) is 5.35. The normalized spacial score (nSPS) is 45.5. The third-order valence-corrected chi connectivity index (χ3v) is 11.7. The number of aliphatic hydroxyl groups excluding tert-OH is 1. The minimum Gasteiger partial charge on any atom is -0.455 e. The van der Waals surface area contributed by atoms with E-state index in [0.717, 1.165) is 36.8 Å². The Hall–Kier alpha value is -1.75. The van der Waals surface area contributed by atoms with Gasteiger partial charge in [-0.25, -0.2) is 4.79 Å². The molecule has 1 heterocycles.